The maximum absolute atomic E-state index is 5.94. The highest BCUT2D eigenvalue weighted by atomic mass is 16.5. The van der Waals surface area contributed by atoms with E-state index < -0.39 is 0 Å². The topological polar surface area (TPSA) is 74.2 Å². The normalized spacial score (nSPS) is 12.4. The molecule has 0 spiro atoms. The third kappa shape index (κ3) is 2.51. The van der Waals surface area contributed by atoms with Gasteiger partial charge in [0.05, 0.1) is 18.7 Å². The average molecular weight is 247 g/mol. The average Bonchev–Trinajstić information content (AvgIpc) is 2.88. The fraction of sp³-hybridized carbons (Fsp3) is 0.385. The van der Waals surface area contributed by atoms with E-state index in [0.29, 0.717) is 17.5 Å². The number of ether oxygens (including phenoxy) is 1. The molecular weight excluding hydrogens is 230 g/mol. The van der Waals surface area contributed by atoms with Crippen LogP contribution >= 0.6 is 0 Å². The molecular formula is C13H17N3O2. The lowest BCUT2D eigenvalue weighted by molar-refractivity contribution is 0.348. The quantitative estimate of drug-likeness (QED) is 0.878. The minimum absolute atomic E-state index is 0.203. The smallest absolute Gasteiger partial charge is 0.243 e. The third-order valence-corrected chi connectivity index (χ3v) is 2.71. The van der Waals surface area contributed by atoms with Gasteiger partial charge in [-0.05, 0) is 18.6 Å². The number of aromatic nitrogens is 2. The molecule has 1 unspecified atom stereocenters. The van der Waals surface area contributed by atoms with Gasteiger partial charge in [-0.1, -0.05) is 30.6 Å². The molecule has 5 nitrogen and oxygen atoms in total. The van der Waals surface area contributed by atoms with Crippen LogP contribution < -0.4 is 10.5 Å². The molecule has 2 aromatic rings. The molecule has 1 aromatic heterocycles. The number of nitrogens with zero attached hydrogens (tertiary/aromatic N) is 2. The molecule has 96 valence electrons. The van der Waals surface area contributed by atoms with Gasteiger partial charge in [-0.25, -0.2) is 0 Å². The summed E-state index contributed by atoms with van der Waals surface area (Å²) in [6, 6.07) is 7.34. The molecule has 0 saturated carbocycles. The van der Waals surface area contributed by atoms with Crippen molar-refractivity contribution in [1.29, 1.82) is 0 Å². The number of benzene rings is 1. The second-order valence-electron chi connectivity index (χ2n) is 4.05. The monoisotopic (exact) mass is 247 g/mol. The van der Waals surface area contributed by atoms with Gasteiger partial charge in [0.15, 0.2) is 0 Å². The van der Waals surface area contributed by atoms with Gasteiger partial charge >= 0.3 is 0 Å². The highest BCUT2D eigenvalue weighted by molar-refractivity contribution is 5.63. The molecule has 0 aliphatic carbocycles. The minimum Gasteiger partial charge on any atom is -0.496 e. The first-order valence-electron chi connectivity index (χ1n) is 5.98. The fourth-order valence-corrected chi connectivity index (χ4v) is 1.76. The number of rotatable bonds is 5. The summed E-state index contributed by atoms with van der Waals surface area (Å²) in [5.41, 5.74) is 6.74. The summed E-state index contributed by atoms with van der Waals surface area (Å²) >= 11 is 0. The molecule has 2 N–H and O–H groups in total. The molecule has 18 heavy (non-hydrogen) atoms. The maximum Gasteiger partial charge on any atom is 0.243 e. The van der Waals surface area contributed by atoms with E-state index in [4.69, 9.17) is 15.0 Å². The first-order valence-corrected chi connectivity index (χ1v) is 5.98. The summed E-state index contributed by atoms with van der Waals surface area (Å²) in [7, 11) is 1.61. The fourth-order valence-electron chi connectivity index (χ4n) is 1.76. The van der Waals surface area contributed by atoms with Crippen LogP contribution in [0.25, 0.3) is 11.4 Å². The Bertz CT molecular complexity index is 510. The molecule has 5 heteroatoms. The molecule has 0 amide bonds. The molecule has 0 aliphatic heterocycles. The largest absolute Gasteiger partial charge is 0.496 e. The number of para-hydroxylation sites is 1. The molecule has 0 fully saturated rings. The van der Waals surface area contributed by atoms with Gasteiger partial charge in [0.25, 0.3) is 0 Å². The molecule has 0 radical (unpaired) electrons. The van der Waals surface area contributed by atoms with Gasteiger partial charge in [-0.2, -0.15) is 4.98 Å². The highest BCUT2D eigenvalue weighted by Crippen LogP contribution is 2.28. The lowest BCUT2D eigenvalue weighted by Gasteiger charge is -2.04. The number of methoxy groups -OCH3 is 1. The van der Waals surface area contributed by atoms with E-state index in [1.165, 1.54) is 0 Å². The Kier molecular flexibility index (Phi) is 3.94. The van der Waals surface area contributed by atoms with Crippen LogP contribution in [0.1, 0.15) is 31.7 Å². The number of hydrogen-bond acceptors (Lipinski definition) is 5. The Balaban J connectivity index is 2.29. The summed E-state index contributed by atoms with van der Waals surface area (Å²) in [5.74, 6) is 1.70. The van der Waals surface area contributed by atoms with Crippen LogP contribution in [0.3, 0.4) is 0 Å². The van der Waals surface area contributed by atoms with Crippen molar-refractivity contribution in [2.75, 3.05) is 7.11 Å². The first kappa shape index (κ1) is 12.6. The summed E-state index contributed by atoms with van der Waals surface area (Å²) in [4.78, 5) is 4.32. The number of nitrogens with two attached hydrogens (primary N) is 1. The molecule has 0 aliphatic rings. The standard InChI is InChI=1S/C13H17N3O2/c1-3-6-10(14)13-15-12(16-18-13)9-7-4-5-8-11(9)17-2/h4-5,7-8,10H,3,6,14H2,1-2H3. The summed E-state index contributed by atoms with van der Waals surface area (Å²) < 4.78 is 10.5. The second kappa shape index (κ2) is 5.64. The van der Waals surface area contributed by atoms with E-state index in [2.05, 4.69) is 17.1 Å². The Hall–Kier alpha value is -1.88. The van der Waals surface area contributed by atoms with Crippen molar-refractivity contribution in [1.82, 2.24) is 10.1 Å². The zero-order chi connectivity index (χ0) is 13.0. The Morgan fingerprint density at radius 1 is 1.39 bits per heavy atom. The summed E-state index contributed by atoms with van der Waals surface area (Å²) in [6.45, 7) is 2.07. The van der Waals surface area contributed by atoms with Gasteiger partial charge in [0.1, 0.15) is 5.75 Å². The van der Waals surface area contributed by atoms with Crippen molar-refractivity contribution in [3.8, 4) is 17.1 Å². The van der Waals surface area contributed by atoms with Crippen LogP contribution in [0.2, 0.25) is 0 Å². The van der Waals surface area contributed by atoms with Crippen LogP contribution in [0.4, 0.5) is 0 Å². The number of hydrogen-bond donors (Lipinski definition) is 1. The maximum atomic E-state index is 5.94. The first-order chi connectivity index (χ1) is 8.76. The van der Waals surface area contributed by atoms with Gasteiger partial charge in [0.2, 0.25) is 11.7 Å². The molecule has 1 aromatic carbocycles. The van der Waals surface area contributed by atoms with Crippen LogP contribution in [0.5, 0.6) is 5.75 Å². The van der Waals surface area contributed by atoms with Crippen LogP contribution in [0, 0.1) is 0 Å². The van der Waals surface area contributed by atoms with E-state index in [9.17, 15) is 0 Å². The minimum atomic E-state index is -0.203. The molecule has 1 atom stereocenters. The lowest BCUT2D eigenvalue weighted by Crippen LogP contribution is -2.09. The molecule has 1 heterocycles. The predicted molar refractivity (Wildman–Crippen MR) is 68.1 cm³/mol. The Morgan fingerprint density at radius 3 is 2.89 bits per heavy atom. The van der Waals surface area contributed by atoms with Crippen molar-refractivity contribution in [3.05, 3.63) is 30.2 Å². The van der Waals surface area contributed by atoms with Crippen molar-refractivity contribution in [3.63, 3.8) is 0 Å². The second-order valence-corrected chi connectivity index (χ2v) is 4.05. The Morgan fingerprint density at radius 2 is 2.17 bits per heavy atom. The van der Waals surface area contributed by atoms with Crippen molar-refractivity contribution in [2.24, 2.45) is 5.73 Å². The van der Waals surface area contributed by atoms with E-state index >= 15 is 0 Å². The highest BCUT2D eigenvalue weighted by Gasteiger charge is 2.16. The molecule has 0 saturated heterocycles. The summed E-state index contributed by atoms with van der Waals surface area (Å²) in [5, 5.41) is 3.95. The third-order valence-electron chi connectivity index (χ3n) is 2.71. The van der Waals surface area contributed by atoms with E-state index in [0.717, 1.165) is 18.4 Å². The SMILES string of the molecule is CCCC(N)c1nc(-c2ccccc2OC)no1. The predicted octanol–water partition coefficient (Wildman–Crippen LogP) is 2.55. The van der Waals surface area contributed by atoms with Gasteiger partial charge in [0, 0.05) is 0 Å². The molecule has 0 bridgehead atoms. The van der Waals surface area contributed by atoms with Crippen molar-refractivity contribution < 1.29 is 9.26 Å². The molecule has 2 rings (SSSR count). The van der Waals surface area contributed by atoms with Gasteiger partial charge < -0.3 is 15.0 Å². The van der Waals surface area contributed by atoms with E-state index in [-0.39, 0.29) is 6.04 Å². The lowest BCUT2D eigenvalue weighted by atomic mass is 10.1. The van der Waals surface area contributed by atoms with Crippen LogP contribution in [-0.4, -0.2) is 17.3 Å². The van der Waals surface area contributed by atoms with Gasteiger partial charge in [-0.3, -0.25) is 0 Å². The van der Waals surface area contributed by atoms with Crippen LogP contribution in [-0.2, 0) is 0 Å². The summed E-state index contributed by atoms with van der Waals surface area (Å²) in [6.07, 6.45) is 1.81. The van der Waals surface area contributed by atoms with Crippen LogP contribution in [0.15, 0.2) is 28.8 Å². The van der Waals surface area contributed by atoms with Crippen molar-refractivity contribution >= 4 is 0 Å². The van der Waals surface area contributed by atoms with E-state index in [1.54, 1.807) is 7.11 Å². The Labute approximate surface area is 106 Å². The zero-order valence-corrected chi connectivity index (χ0v) is 10.6. The van der Waals surface area contributed by atoms with Crippen molar-refractivity contribution in [2.45, 2.75) is 25.8 Å². The zero-order valence-electron chi connectivity index (χ0n) is 10.6. The van der Waals surface area contributed by atoms with E-state index in [1.807, 2.05) is 24.3 Å². The van der Waals surface area contributed by atoms with Gasteiger partial charge in [-0.15, -0.1) is 0 Å².